The monoisotopic (exact) mass is 297 g/mol. The lowest BCUT2D eigenvalue weighted by atomic mass is 9.67. The third-order valence-electron chi connectivity index (χ3n) is 6.13. The summed E-state index contributed by atoms with van der Waals surface area (Å²) < 4.78 is 5.87. The molecule has 0 aromatic heterocycles. The van der Waals surface area contributed by atoms with Crippen molar-refractivity contribution in [2.75, 3.05) is 20.2 Å². The second kappa shape index (κ2) is 7.43. The van der Waals surface area contributed by atoms with E-state index in [1.54, 1.807) is 0 Å². The van der Waals surface area contributed by atoms with Crippen molar-refractivity contribution in [1.29, 1.82) is 0 Å². The minimum absolute atomic E-state index is 0.164. The molecule has 3 nitrogen and oxygen atoms in total. The first-order valence-corrected chi connectivity index (χ1v) is 8.94. The second-order valence-electron chi connectivity index (χ2n) is 7.91. The first-order chi connectivity index (χ1) is 9.94. The van der Waals surface area contributed by atoms with Crippen molar-refractivity contribution in [3.63, 3.8) is 0 Å². The van der Waals surface area contributed by atoms with Crippen molar-refractivity contribution >= 4 is 0 Å². The normalized spacial score (nSPS) is 35.1. The molecule has 124 valence electrons. The van der Waals surface area contributed by atoms with Gasteiger partial charge < -0.3 is 9.84 Å². The van der Waals surface area contributed by atoms with Gasteiger partial charge in [0, 0.05) is 19.2 Å². The summed E-state index contributed by atoms with van der Waals surface area (Å²) in [6.45, 7) is 8.95. The molecule has 21 heavy (non-hydrogen) atoms. The summed E-state index contributed by atoms with van der Waals surface area (Å²) in [5.74, 6) is 0.727. The lowest BCUT2D eigenvalue weighted by molar-refractivity contribution is -0.0477. The van der Waals surface area contributed by atoms with E-state index in [4.69, 9.17) is 4.74 Å². The van der Waals surface area contributed by atoms with Gasteiger partial charge >= 0.3 is 0 Å². The van der Waals surface area contributed by atoms with Crippen molar-refractivity contribution in [2.45, 2.75) is 84.0 Å². The van der Waals surface area contributed by atoms with Crippen LogP contribution in [0.3, 0.4) is 0 Å². The van der Waals surface area contributed by atoms with Crippen LogP contribution in [0.25, 0.3) is 0 Å². The van der Waals surface area contributed by atoms with Gasteiger partial charge in [-0.2, -0.15) is 0 Å². The number of aliphatic hydroxyl groups excluding tert-OH is 1. The van der Waals surface area contributed by atoms with Crippen LogP contribution in [0.4, 0.5) is 0 Å². The molecule has 1 saturated carbocycles. The van der Waals surface area contributed by atoms with E-state index < -0.39 is 0 Å². The molecule has 0 spiro atoms. The van der Waals surface area contributed by atoms with Crippen molar-refractivity contribution in [3.05, 3.63) is 0 Å². The van der Waals surface area contributed by atoms with Crippen LogP contribution in [-0.2, 0) is 4.74 Å². The van der Waals surface area contributed by atoms with Gasteiger partial charge in [-0.05, 0) is 56.9 Å². The van der Waals surface area contributed by atoms with E-state index >= 15 is 0 Å². The van der Waals surface area contributed by atoms with Crippen LogP contribution in [-0.4, -0.2) is 48.5 Å². The Morgan fingerprint density at radius 1 is 1.19 bits per heavy atom. The molecule has 2 fully saturated rings. The number of hydrogen-bond acceptors (Lipinski definition) is 3. The molecule has 1 aliphatic carbocycles. The van der Waals surface area contributed by atoms with Crippen LogP contribution in [0.15, 0.2) is 0 Å². The zero-order valence-corrected chi connectivity index (χ0v) is 14.5. The van der Waals surface area contributed by atoms with E-state index in [2.05, 4.69) is 32.7 Å². The zero-order chi connectivity index (χ0) is 15.5. The zero-order valence-electron chi connectivity index (χ0n) is 14.5. The van der Waals surface area contributed by atoms with Crippen LogP contribution in [0.1, 0.15) is 65.7 Å². The Morgan fingerprint density at radius 2 is 1.95 bits per heavy atom. The summed E-state index contributed by atoms with van der Waals surface area (Å²) in [5, 5.41) is 10.4. The molecule has 1 N–H and O–H groups in total. The number of aliphatic hydroxyl groups is 1. The summed E-state index contributed by atoms with van der Waals surface area (Å²) in [6, 6.07) is 0.306. The van der Waals surface area contributed by atoms with E-state index in [-0.39, 0.29) is 6.10 Å². The van der Waals surface area contributed by atoms with Crippen LogP contribution >= 0.6 is 0 Å². The molecule has 4 atom stereocenters. The maximum Gasteiger partial charge on any atom is 0.0702 e. The highest BCUT2D eigenvalue weighted by molar-refractivity contribution is 4.91. The molecule has 4 unspecified atom stereocenters. The summed E-state index contributed by atoms with van der Waals surface area (Å²) in [7, 11) is 2.17. The minimum Gasteiger partial charge on any atom is -0.391 e. The highest BCUT2D eigenvalue weighted by atomic mass is 16.5. The summed E-state index contributed by atoms with van der Waals surface area (Å²) in [6.07, 6.45) is 8.35. The third-order valence-corrected chi connectivity index (χ3v) is 6.13. The topological polar surface area (TPSA) is 32.7 Å². The average molecular weight is 297 g/mol. The van der Waals surface area contributed by atoms with Gasteiger partial charge in [0.2, 0.25) is 0 Å². The molecule has 1 aliphatic heterocycles. The number of nitrogens with zero attached hydrogens (tertiary/aromatic N) is 1. The maximum absolute atomic E-state index is 10.4. The summed E-state index contributed by atoms with van der Waals surface area (Å²) in [4.78, 5) is 2.37. The van der Waals surface area contributed by atoms with Gasteiger partial charge in [0.25, 0.3) is 0 Å². The van der Waals surface area contributed by atoms with Gasteiger partial charge in [0.05, 0.1) is 12.2 Å². The molecule has 2 rings (SSSR count). The van der Waals surface area contributed by atoms with Gasteiger partial charge in [-0.3, -0.25) is 4.90 Å². The number of hydrogen-bond donors (Lipinski definition) is 1. The Balaban J connectivity index is 1.92. The van der Waals surface area contributed by atoms with E-state index in [1.807, 2.05) is 0 Å². The lowest BCUT2D eigenvalue weighted by Crippen LogP contribution is -2.50. The molecule has 0 radical (unpaired) electrons. The molecule has 0 aromatic carbocycles. The smallest absolute Gasteiger partial charge is 0.0702 e. The quantitative estimate of drug-likeness (QED) is 0.843. The van der Waals surface area contributed by atoms with Crippen molar-refractivity contribution < 1.29 is 9.84 Å². The van der Waals surface area contributed by atoms with Crippen LogP contribution in [0.5, 0.6) is 0 Å². The number of likely N-dealkylation sites (N-methyl/N-ethyl adjacent to an activating group) is 1. The molecule has 0 aromatic rings. The number of ether oxygens (including phenoxy) is 1. The Hall–Kier alpha value is -0.120. The highest BCUT2D eigenvalue weighted by Gasteiger charge is 2.38. The maximum atomic E-state index is 10.4. The van der Waals surface area contributed by atoms with Gasteiger partial charge in [-0.25, -0.2) is 0 Å². The minimum atomic E-state index is -0.164. The van der Waals surface area contributed by atoms with Crippen LogP contribution in [0.2, 0.25) is 0 Å². The fourth-order valence-corrected chi connectivity index (χ4v) is 4.01. The predicted molar refractivity (Wildman–Crippen MR) is 87.4 cm³/mol. The molecule has 0 amide bonds. The molecule has 0 bridgehead atoms. The van der Waals surface area contributed by atoms with Gasteiger partial charge in [0.15, 0.2) is 0 Å². The molecule has 1 heterocycles. The first kappa shape index (κ1) is 17.2. The molecule has 3 heteroatoms. The van der Waals surface area contributed by atoms with E-state index in [1.165, 1.54) is 32.1 Å². The van der Waals surface area contributed by atoms with Crippen LogP contribution in [0, 0.1) is 11.3 Å². The highest BCUT2D eigenvalue weighted by Crippen LogP contribution is 2.41. The Bertz CT molecular complexity index is 312. The van der Waals surface area contributed by atoms with Crippen LogP contribution < -0.4 is 0 Å². The van der Waals surface area contributed by atoms with Crippen molar-refractivity contribution in [1.82, 2.24) is 4.90 Å². The summed E-state index contributed by atoms with van der Waals surface area (Å²) >= 11 is 0. The van der Waals surface area contributed by atoms with E-state index in [0.717, 1.165) is 31.9 Å². The third kappa shape index (κ3) is 4.43. The Kier molecular flexibility index (Phi) is 6.10. The summed E-state index contributed by atoms with van der Waals surface area (Å²) in [5.41, 5.74) is 0.389. The first-order valence-electron chi connectivity index (χ1n) is 8.94. The Labute approximate surface area is 131 Å². The van der Waals surface area contributed by atoms with Gasteiger partial charge in [0.1, 0.15) is 0 Å². The fraction of sp³-hybridized carbons (Fsp3) is 1.00. The second-order valence-corrected chi connectivity index (χ2v) is 7.91. The Morgan fingerprint density at radius 3 is 2.57 bits per heavy atom. The fourth-order valence-electron chi connectivity index (χ4n) is 4.01. The van der Waals surface area contributed by atoms with E-state index in [9.17, 15) is 5.11 Å². The van der Waals surface area contributed by atoms with Gasteiger partial charge in [-0.1, -0.05) is 27.2 Å². The van der Waals surface area contributed by atoms with Crippen molar-refractivity contribution in [2.24, 2.45) is 11.3 Å². The average Bonchev–Trinajstić information content (AvgIpc) is 2.48. The molecule has 2 aliphatic rings. The molecular weight excluding hydrogens is 262 g/mol. The standard InChI is InChI=1S/C18H35NO2/c1-5-18(2,3)14-9-10-17(20)16(12-14)19(4)13-15-8-6-7-11-21-15/h14-17,20H,5-13H2,1-4H3. The predicted octanol–water partition coefficient (Wildman–Crippen LogP) is 3.45. The SMILES string of the molecule is CCC(C)(C)C1CCC(O)C(N(C)CC2CCCCO2)C1. The van der Waals surface area contributed by atoms with E-state index in [0.29, 0.717) is 17.6 Å². The van der Waals surface area contributed by atoms with Crippen molar-refractivity contribution in [3.8, 4) is 0 Å². The molecule has 1 saturated heterocycles. The largest absolute Gasteiger partial charge is 0.391 e. The lowest BCUT2D eigenvalue weighted by Gasteiger charge is -2.45. The number of rotatable bonds is 5. The van der Waals surface area contributed by atoms with Gasteiger partial charge in [-0.15, -0.1) is 0 Å². The molecular formula is C18H35NO2.